The van der Waals surface area contributed by atoms with Gasteiger partial charge in [0.2, 0.25) is 5.91 Å². The zero-order chi connectivity index (χ0) is 57.1. The standard InChI is InChI=1S/C73H141NO5/c1-3-5-7-9-11-13-15-17-19-20-21-22-23-24-25-28-31-34-38-41-45-49-53-57-61-65-71(76)70(69-75)74-72(77)66-62-58-54-50-46-42-39-35-32-29-26-27-30-33-36-40-44-48-52-56-60-64-68-79-73(78)67-63-59-55-51-47-43-37-18-16-14-12-10-8-6-4-2/h12,14,18,37,70-71,75-76H,3-11,13,15-17,19-36,38-69H2,1-2H3,(H,74,77)/b14-12-,37-18-. The van der Waals surface area contributed by atoms with Crippen molar-refractivity contribution in [1.29, 1.82) is 0 Å². The number of aliphatic hydroxyl groups excluding tert-OH is 2. The van der Waals surface area contributed by atoms with Crippen LogP contribution in [0.4, 0.5) is 0 Å². The smallest absolute Gasteiger partial charge is 0.305 e. The van der Waals surface area contributed by atoms with Crippen LogP contribution in [0.3, 0.4) is 0 Å². The molecule has 0 saturated carbocycles. The van der Waals surface area contributed by atoms with E-state index >= 15 is 0 Å². The fraction of sp³-hybridized carbons (Fsp3) is 0.918. The lowest BCUT2D eigenvalue weighted by atomic mass is 10.0. The van der Waals surface area contributed by atoms with Gasteiger partial charge in [0, 0.05) is 12.8 Å². The fourth-order valence-electron chi connectivity index (χ4n) is 11.5. The summed E-state index contributed by atoms with van der Waals surface area (Å²) in [6, 6.07) is -0.543. The number of rotatable bonds is 68. The third-order valence-electron chi connectivity index (χ3n) is 17.0. The molecule has 2 unspecified atom stereocenters. The van der Waals surface area contributed by atoms with Crippen molar-refractivity contribution in [2.24, 2.45) is 0 Å². The quantitative estimate of drug-likeness (QED) is 0.0320. The predicted molar refractivity (Wildman–Crippen MR) is 347 cm³/mol. The van der Waals surface area contributed by atoms with Gasteiger partial charge in [-0.05, 0) is 57.8 Å². The van der Waals surface area contributed by atoms with E-state index in [0.717, 1.165) is 51.4 Å². The number of aliphatic hydroxyl groups is 2. The summed E-state index contributed by atoms with van der Waals surface area (Å²) < 4.78 is 5.49. The van der Waals surface area contributed by atoms with Gasteiger partial charge in [-0.15, -0.1) is 0 Å². The molecule has 0 aromatic carbocycles. The molecule has 6 nitrogen and oxygen atoms in total. The summed E-state index contributed by atoms with van der Waals surface area (Å²) in [7, 11) is 0. The molecule has 468 valence electrons. The van der Waals surface area contributed by atoms with Crippen LogP contribution in [0.25, 0.3) is 0 Å². The monoisotopic (exact) mass is 1110 g/mol. The average molecular weight is 1110 g/mol. The highest BCUT2D eigenvalue weighted by atomic mass is 16.5. The van der Waals surface area contributed by atoms with Crippen molar-refractivity contribution in [1.82, 2.24) is 5.32 Å². The lowest BCUT2D eigenvalue weighted by molar-refractivity contribution is -0.143. The van der Waals surface area contributed by atoms with Crippen LogP contribution in [0.15, 0.2) is 24.3 Å². The maximum atomic E-state index is 12.6. The van der Waals surface area contributed by atoms with Crippen molar-refractivity contribution < 1.29 is 24.5 Å². The van der Waals surface area contributed by atoms with E-state index in [1.54, 1.807) is 0 Å². The number of nitrogens with one attached hydrogen (secondary N) is 1. The molecule has 0 heterocycles. The minimum absolute atomic E-state index is 0.000349. The van der Waals surface area contributed by atoms with Gasteiger partial charge in [0.15, 0.2) is 0 Å². The van der Waals surface area contributed by atoms with Crippen LogP contribution in [-0.4, -0.2) is 47.4 Å². The van der Waals surface area contributed by atoms with Gasteiger partial charge in [0.05, 0.1) is 25.4 Å². The van der Waals surface area contributed by atoms with E-state index < -0.39 is 12.1 Å². The molecular weight excluding hydrogens is 971 g/mol. The summed E-state index contributed by atoms with van der Waals surface area (Å²) >= 11 is 0. The van der Waals surface area contributed by atoms with Gasteiger partial charge in [0.25, 0.3) is 0 Å². The van der Waals surface area contributed by atoms with E-state index in [-0.39, 0.29) is 18.5 Å². The molecule has 0 saturated heterocycles. The minimum atomic E-state index is -0.666. The maximum absolute atomic E-state index is 12.6. The molecule has 0 radical (unpaired) electrons. The Balaban J connectivity index is 3.38. The van der Waals surface area contributed by atoms with Crippen molar-refractivity contribution in [3.63, 3.8) is 0 Å². The van der Waals surface area contributed by atoms with Gasteiger partial charge in [-0.1, -0.05) is 359 Å². The Kier molecular flexibility index (Phi) is 67.4. The Bertz CT molecular complexity index is 1230. The topological polar surface area (TPSA) is 95.9 Å². The molecule has 0 bridgehead atoms. The first kappa shape index (κ1) is 77.3. The summed E-state index contributed by atoms with van der Waals surface area (Å²) in [5, 5.41) is 23.5. The maximum Gasteiger partial charge on any atom is 0.305 e. The van der Waals surface area contributed by atoms with Crippen molar-refractivity contribution in [2.75, 3.05) is 13.2 Å². The first-order valence-corrected chi connectivity index (χ1v) is 36.1. The van der Waals surface area contributed by atoms with Crippen molar-refractivity contribution in [3.8, 4) is 0 Å². The van der Waals surface area contributed by atoms with Crippen LogP contribution in [0.2, 0.25) is 0 Å². The van der Waals surface area contributed by atoms with Gasteiger partial charge >= 0.3 is 5.97 Å². The molecule has 1 amide bonds. The number of hydrogen-bond acceptors (Lipinski definition) is 5. The summed E-state index contributed by atoms with van der Waals surface area (Å²) in [5.74, 6) is -0.0299. The molecule has 0 rings (SSSR count). The molecular formula is C73H141NO5. The summed E-state index contributed by atoms with van der Waals surface area (Å²) in [5.41, 5.74) is 0. The Morgan fingerprint density at radius 1 is 0.354 bits per heavy atom. The first-order chi connectivity index (χ1) is 39.0. The van der Waals surface area contributed by atoms with Gasteiger partial charge in [-0.2, -0.15) is 0 Å². The number of carbonyl (C=O) groups is 2. The largest absolute Gasteiger partial charge is 0.466 e. The van der Waals surface area contributed by atoms with Gasteiger partial charge in [0.1, 0.15) is 0 Å². The Labute approximate surface area is 494 Å². The second-order valence-electron chi connectivity index (χ2n) is 24.9. The van der Waals surface area contributed by atoms with E-state index in [1.165, 1.54) is 321 Å². The van der Waals surface area contributed by atoms with E-state index in [1.807, 2.05) is 0 Å². The van der Waals surface area contributed by atoms with Crippen LogP contribution in [-0.2, 0) is 14.3 Å². The Morgan fingerprint density at radius 2 is 0.633 bits per heavy atom. The highest BCUT2D eigenvalue weighted by molar-refractivity contribution is 5.76. The van der Waals surface area contributed by atoms with Crippen molar-refractivity contribution >= 4 is 11.9 Å². The lowest BCUT2D eigenvalue weighted by Gasteiger charge is -2.22. The summed E-state index contributed by atoms with van der Waals surface area (Å²) in [4.78, 5) is 24.6. The molecule has 0 aliphatic carbocycles. The predicted octanol–water partition coefficient (Wildman–Crippen LogP) is 23.3. The number of hydrogen-bond donors (Lipinski definition) is 3. The number of carbonyl (C=O) groups excluding carboxylic acids is 2. The molecule has 0 aromatic heterocycles. The van der Waals surface area contributed by atoms with Gasteiger partial charge in [-0.3, -0.25) is 9.59 Å². The second-order valence-corrected chi connectivity index (χ2v) is 24.9. The molecule has 2 atom stereocenters. The minimum Gasteiger partial charge on any atom is -0.466 e. The van der Waals surface area contributed by atoms with Crippen molar-refractivity contribution in [3.05, 3.63) is 24.3 Å². The highest BCUT2D eigenvalue weighted by Crippen LogP contribution is 2.19. The number of allylic oxidation sites excluding steroid dienone is 4. The van der Waals surface area contributed by atoms with Crippen LogP contribution < -0.4 is 5.32 Å². The summed E-state index contributed by atoms with van der Waals surface area (Å²) in [6.45, 7) is 4.96. The van der Waals surface area contributed by atoms with Gasteiger partial charge in [-0.25, -0.2) is 0 Å². The average Bonchev–Trinajstić information content (AvgIpc) is 3.45. The molecule has 0 aromatic rings. The van der Waals surface area contributed by atoms with E-state index in [9.17, 15) is 19.8 Å². The molecule has 0 fully saturated rings. The molecule has 3 N–H and O–H groups in total. The number of ether oxygens (including phenoxy) is 1. The van der Waals surface area contributed by atoms with E-state index in [0.29, 0.717) is 25.9 Å². The SMILES string of the molecule is CCCCC/C=C\C/C=C\CCCCCCCC(=O)OCCCCCCCCCCCCCCCCCCCCCCCCC(=O)NC(CO)C(O)CCCCCCCCCCCCCCCCCCCCCCCCCCC. The van der Waals surface area contributed by atoms with Crippen LogP contribution in [0.5, 0.6) is 0 Å². The highest BCUT2D eigenvalue weighted by Gasteiger charge is 2.20. The van der Waals surface area contributed by atoms with E-state index in [2.05, 4.69) is 43.5 Å². The lowest BCUT2D eigenvalue weighted by Crippen LogP contribution is -2.45. The molecule has 6 heteroatoms. The number of amides is 1. The number of esters is 1. The van der Waals surface area contributed by atoms with Gasteiger partial charge < -0.3 is 20.3 Å². The molecule has 0 spiro atoms. The second kappa shape index (κ2) is 68.8. The molecule has 79 heavy (non-hydrogen) atoms. The third-order valence-corrected chi connectivity index (χ3v) is 17.0. The number of unbranched alkanes of at least 4 members (excludes halogenated alkanes) is 53. The van der Waals surface area contributed by atoms with Crippen molar-refractivity contribution in [2.45, 2.75) is 418 Å². The first-order valence-electron chi connectivity index (χ1n) is 36.1. The van der Waals surface area contributed by atoms with Crippen LogP contribution >= 0.6 is 0 Å². The van der Waals surface area contributed by atoms with Crippen LogP contribution in [0.1, 0.15) is 406 Å². The summed E-state index contributed by atoms with van der Waals surface area (Å²) in [6.07, 6.45) is 86.5. The Morgan fingerprint density at radius 3 is 0.987 bits per heavy atom. The normalized spacial score (nSPS) is 12.6. The Hall–Kier alpha value is -1.66. The van der Waals surface area contributed by atoms with Crippen LogP contribution in [0, 0.1) is 0 Å². The fourth-order valence-corrected chi connectivity index (χ4v) is 11.5. The van der Waals surface area contributed by atoms with E-state index in [4.69, 9.17) is 4.74 Å². The molecule has 0 aliphatic rings. The zero-order valence-electron chi connectivity index (χ0n) is 53.6. The zero-order valence-corrected chi connectivity index (χ0v) is 53.6. The third kappa shape index (κ3) is 65.4. The molecule has 0 aliphatic heterocycles.